The first-order chi connectivity index (χ1) is 8.66. The smallest absolute Gasteiger partial charge is 0.245 e. The number of fused-ring (bicyclic) bond motifs is 1. The maximum Gasteiger partial charge on any atom is 0.245 e. The molecule has 1 heterocycles. The second-order valence-corrected chi connectivity index (χ2v) is 3.73. The molecule has 0 bridgehead atoms. The third-order valence-corrected chi connectivity index (χ3v) is 2.37. The highest BCUT2D eigenvalue weighted by molar-refractivity contribution is 5.74. The Morgan fingerprint density at radius 2 is 2.28 bits per heavy atom. The van der Waals surface area contributed by atoms with E-state index in [2.05, 4.69) is 5.48 Å². The van der Waals surface area contributed by atoms with Crippen LogP contribution in [0.3, 0.4) is 0 Å². The molecule has 7 nitrogen and oxygen atoms in total. The van der Waals surface area contributed by atoms with Crippen LogP contribution in [0, 0.1) is 0 Å². The minimum atomic E-state index is -0.785. The Morgan fingerprint density at radius 3 is 3.06 bits per heavy atom. The lowest BCUT2D eigenvalue weighted by Crippen LogP contribution is -2.27. The van der Waals surface area contributed by atoms with Gasteiger partial charge in [0.1, 0.15) is 6.61 Å². The molecule has 2 rings (SSSR count). The van der Waals surface area contributed by atoms with Crippen LogP contribution in [-0.4, -0.2) is 31.0 Å². The van der Waals surface area contributed by atoms with E-state index in [-0.39, 0.29) is 19.9 Å². The molecule has 4 N–H and O–H groups in total. The van der Waals surface area contributed by atoms with Gasteiger partial charge in [-0.2, -0.15) is 5.48 Å². The standard InChI is InChI=1S/C11H14N2O5/c12-11(15)5-18-13-4-8(14)7-1-2-9-10(3-7)17-6-16-9/h1-3,8,13-14H,4-6H2,(H2,12,15). The molecule has 18 heavy (non-hydrogen) atoms. The quantitative estimate of drug-likeness (QED) is 0.465. The predicted molar refractivity (Wildman–Crippen MR) is 60.7 cm³/mol. The second-order valence-electron chi connectivity index (χ2n) is 3.73. The largest absolute Gasteiger partial charge is 0.454 e. The third kappa shape index (κ3) is 3.10. The number of hydrogen-bond acceptors (Lipinski definition) is 6. The molecule has 0 aliphatic carbocycles. The van der Waals surface area contributed by atoms with Crippen LogP contribution in [0.1, 0.15) is 11.7 Å². The van der Waals surface area contributed by atoms with Crippen LogP contribution in [0.5, 0.6) is 11.5 Å². The van der Waals surface area contributed by atoms with Gasteiger partial charge in [0, 0.05) is 0 Å². The van der Waals surface area contributed by atoms with Gasteiger partial charge in [-0.15, -0.1) is 0 Å². The number of benzene rings is 1. The van der Waals surface area contributed by atoms with Crippen LogP contribution >= 0.6 is 0 Å². The zero-order valence-corrected chi connectivity index (χ0v) is 9.59. The molecule has 0 aromatic heterocycles. The van der Waals surface area contributed by atoms with Crippen LogP contribution in [0.4, 0.5) is 0 Å². The molecule has 1 amide bonds. The number of primary amides is 1. The summed E-state index contributed by atoms with van der Waals surface area (Å²) in [6.07, 6.45) is -0.785. The van der Waals surface area contributed by atoms with Crippen LogP contribution in [0.25, 0.3) is 0 Å². The second kappa shape index (κ2) is 5.67. The topological polar surface area (TPSA) is 103 Å². The van der Waals surface area contributed by atoms with E-state index in [4.69, 9.17) is 20.0 Å². The number of rotatable bonds is 6. The lowest BCUT2D eigenvalue weighted by Gasteiger charge is -2.12. The molecule has 1 aliphatic rings. The van der Waals surface area contributed by atoms with Gasteiger partial charge < -0.3 is 20.3 Å². The van der Waals surface area contributed by atoms with Gasteiger partial charge in [-0.1, -0.05) is 6.07 Å². The van der Waals surface area contributed by atoms with E-state index >= 15 is 0 Å². The van der Waals surface area contributed by atoms with E-state index in [1.165, 1.54) is 0 Å². The van der Waals surface area contributed by atoms with Crippen LogP contribution in [0.2, 0.25) is 0 Å². The maximum atomic E-state index is 10.4. The molecule has 98 valence electrons. The minimum absolute atomic E-state index is 0.132. The van der Waals surface area contributed by atoms with Crippen molar-refractivity contribution in [2.45, 2.75) is 6.10 Å². The zero-order chi connectivity index (χ0) is 13.0. The molecular formula is C11H14N2O5. The summed E-state index contributed by atoms with van der Waals surface area (Å²) in [6, 6.07) is 5.15. The Balaban J connectivity index is 1.85. The van der Waals surface area contributed by atoms with Crippen LogP contribution in [-0.2, 0) is 9.63 Å². The minimum Gasteiger partial charge on any atom is -0.454 e. The predicted octanol–water partition coefficient (Wildman–Crippen LogP) is -0.545. The van der Waals surface area contributed by atoms with Gasteiger partial charge in [-0.25, -0.2) is 0 Å². The number of aliphatic hydroxyl groups is 1. The van der Waals surface area contributed by atoms with E-state index < -0.39 is 12.0 Å². The molecule has 0 spiro atoms. The molecule has 0 saturated carbocycles. The lowest BCUT2D eigenvalue weighted by atomic mass is 10.1. The average Bonchev–Trinajstić information content (AvgIpc) is 2.81. The van der Waals surface area contributed by atoms with E-state index in [9.17, 15) is 9.90 Å². The number of carbonyl (C=O) groups excluding carboxylic acids is 1. The SMILES string of the molecule is NC(=O)CONCC(O)c1ccc2c(c1)OCO2. The van der Waals surface area contributed by atoms with Crippen molar-refractivity contribution in [1.82, 2.24) is 5.48 Å². The van der Waals surface area contributed by atoms with Gasteiger partial charge in [-0.3, -0.25) is 9.63 Å². The highest BCUT2D eigenvalue weighted by atomic mass is 16.7. The zero-order valence-electron chi connectivity index (χ0n) is 9.59. The molecule has 1 aromatic carbocycles. The maximum absolute atomic E-state index is 10.4. The van der Waals surface area contributed by atoms with Crippen molar-refractivity contribution in [2.75, 3.05) is 19.9 Å². The summed E-state index contributed by atoms with van der Waals surface area (Å²) in [5, 5.41) is 9.86. The number of carbonyl (C=O) groups is 1. The number of hydroxylamine groups is 1. The summed E-state index contributed by atoms with van der Waals surface area (Å²) in [7, 11) is 0. The lowest BCUT2D eigenvalue weighted by molar-refractivity contribution is -0.125. The van der Waals surface area contributed by atoms with Gasteiger partial charge in [-0.05, 0) is 17.7 Å². The molecule has 1 atom stereocenters. The first kappa shape index (κ1) is 12.6. The summed E-state index contributed by atoms with van der Waals surface area (Å²) in [5.74, 6) is 0.675. The average molecular weight is 254 g/mol. The van der Waals surface area contributed by atoms with Crippen molar-refractivity contribution in [3.63, 3.8) is 0 Å². The fourth-order valence-corrected chi connectivity index (χ4v) is 1.50. The van der Waals surface area contributed by atoms with Crippen LogP contribution in [0.15, 0.2) is 18.2 Å². The molecule has 7 heteroatoms. The number of ether oxygens (including phenoxy) is 2. The Kier molecular flexibility index (Phi) is 3.98. The fourth-order valence-electron chi connectivity index (χ4n) is 1.50. The summed E-state index contributed by atoms with van der Waals surface area (Å²) in [6.45, 7) is 0.0790. The van der Waals surface area contributed by atoms with E-state index in [1.54, 1.807) is 18.2 Å². The summed E-state index contributed by atoms with van der Waals surface area (Å²) < 4.78 is 10.4. The van der Waals surface area contributed by atoms with Gasteiger partial charge in [0.2, 0.25) is 12.7 Å². The summed E-state index contributed by atoms with van der Waals surface area (Å²) in [4.78, 5) is 15.1. The van der Waals surface area contributed by atoms with Crippen molar-refractivity contribution in [1.29, 1.82) is 0 Å². The van der Waals surface area contributed by atoms with Crippen molar-refractivity contribution in [2.24, 2.45) is 5.73 Å². The number of hydrogen-bond donors (Lipinski definition) is 3. The van der Waals surface area contributed by atoms with Gasteiger partial charge in [0.25, 0.3) is 0 Å². The molecule has 0 saturated heterocycles. The first-order valence-corrected chi connectivity index (χ1v) is 5.37. The van der Waals surface area contributed by atoms with Gasteiger partial charge >= 0.3 is 0 Å². The van der Waals surface area contributed by atoms with Crippen molar-refractivity contribution in [3.8, 4) is 11.5 Å². The fraction of sp³-hybridized carbons (Fsp3) is 0.364. The molecule has 0 fully saturated rings. The molecule has 1 aromatic rings. The number of amides is 1. The summed E-state index contributed by atoms with van der Waals surface area (Å²) in [5.41, 5.74) is 8.01. The van der Waals surface area contributed by atoms with E-state index in [0.717, 1.165) is 0 Å². The monoisotopic (exact) mass is 254 g/mol. The normalized spacial score (nSPS) is 14.5. The highest BCUT2D eigenvalue weighted by Crippen LogP contribution is 2.33. The third-order valence-electron chi connectivity index (χ3n) is 2.37. The Labute approximate surface area is 103 Å². The van der Waals surface area contributed by atoms with Crippen LogP contribution < -0.4 is 20.7 Å². The summed E-state index contributed by atoms with van der Waals surface area (Å²) >= 11 is 0. The van der Waals surface area contributed by atoms with Crippen molar-refractivity contribution >= 4 is 5.91 Å². The number of aliphatic hydroxyl groups excluding tert-OH is 1. The Bertz CT molecular complexity index is 437. The molecule has 1 unspecified atom stereocenters. The van der Waals surface area contributed by atoms with Gasteiger partial charge in [0.05, 0.1) is 12.6 Å². The first-order valence-electron chi connectivity index (χ1n) is 5.37. The highest BCUT2D eigenvalue weighted by Gasteiger charge is 2.16. The molecule has 0 radical (unpaired) electrons. The molecular weight excluding hydrogens is 240 g/mol. The van der Waals surface area contributed by atoms with E-state index in [0.29, 0.717) is 17.1 Å². The Morgan fingerprint density at radius 1 is 1.50 bits per heavy atom. The Hall–Kier alpha value is -1.83. The van der Waals surface area contributed by atoms with Gasteiger partial charge in [0.15, 0.2) is 11.5 Å². The van der Waals surface area contributed by atoms with Crippen molar-refractivity contribution in [3.05, 3.63) is 23.8 Å². The number of nitrogens with two attached hydrogens (primary N) is 1. The van der Waals surface area contributed by atoms with Crippen molar-refractivity contribution < 1.29 is 24.2 Å². The van der Waals surface area contributed by atoms with E-state index in [1.807, 2.05) is 0 Å². The number of nitrogens with one attached hydrogen (secondary N) is 1. The molecule has 1 aliphatic heterocycles.